The summed E-state index contributed by atoms with van der Waals surface area (Å²) in [6.45, 7) is 0.314. The monoisotopic (exact) mass is 166 g/mol. The lowest BCUT2D eigenvalue weighted by atomic mass is 10.0. The van der Waals surface area contributed by atoms with Gasteiger partial charge >= 0.3 is 0 Å². The molecule has 1 unspecified atom stereocenters. The molecule has 0 aromatic carbocycles. The molecular weight excluding hydrogens is 156 g/mol. The third-order valence-electron chi connectivity index (χ3n) is 1.59. The van der Waals surface area contributed by atoms with Crippen LogP contribution in [0.5, 0.6) is 0 Å². The van der Waals surface area contributed by atoms with Gasteiger partial charge in [0.05, 0.1) is 6.61 Å². The van der Waals surface area contributed by atoms with Crippen LogP contribution in [0.15, 0.2) is 0 Å². The standard InChI is InChI=1S/C5H10N2O2.ClH/c6-5(3-8)1-2-7-4(5)9;/h8H,1-3,6H2,(H,7,9);1H. The predicted octanol–water partition coefficient (Wildman–Crippen LogP) is -1.38. The second kappa shape index (κ2) is 3.18. The number of aliphatic hydroxyl groups is 1. The van der Waals surface area contributed by atoms with E-state index >= 15 is 0 Å². The lowest BCUT2D eigenvalue weighted by molar-refractivity contribution is -0.124. The van der Waals surface area contributed by atoms with Crippen molar-refractivity contribution in [2.24, 2.45) is 5.73 Å². The zero-order valence-corrected chi connectivity index (χ0v) is 6.28. The Balaban J connectivity index is 0.000000810. The first-order valence-corrected chi connectivity index (χ1v) is 2.87. The van der Waals surface area contributed by atoms with Crippen LogP contribution < -0.4 is 11.1 Å². The van der Waals surface area contributed by atoms with E-state index in [1.165, 1.54) is 0 Å². The molecule has 60 valence electrons. The van der Waals surface area contributed by atoms with Crippen LogP contribution in [0.4, 0.5) is 0 Å². The summed E-state index contributed by atoms with van der Waals surface area (Å²) in [6.07, 6.45) is 0.530. The molecule has 1 atom stereocenters. The maximum absolute atomic E-state index is 10.7. The number of halogens is 1. The van der Waals surface area contributed by atoms with Gasteiger partial charge in [0, 0.05) is 6.54 Å². The van der Waals surface area contributed by atoms with Crippen molar-refractivity contribution in [3.05, 3.63) is 0 Å². The van der Waals surface area contributed by atoms with Crippen LogP contribution >= 0.6 is 12.4 Å². The fourth-order valence-corrected chi connectivity index (χ4v) is 0.840. The number of nitrogens with two attached hydrogens (primary N) is 1. The Morgan fingerprint density at radius 3 is 2.60 bits per heavy atom. The average Bonchev–Trinajstić information content (AvgIpc) is 2.15. The lowest BCUT2D eigenvalue weighted by Gasteiger charge is -2.15. The van der Waals surface area contributed by atoms with Gasteiger partial charge in [0.15, 0.2) is 0 Å². The SMILES string of the molecule is Cl.NC1(CO)CCNC1=O. The van der Waals surface area contributed by atoms with Crippen molar-refractivity contribution in [3.63, 3.8) is 0 Å². The van der Waals surface area contributed by atoms with Crippen molar-refractivity contribution < 1.29 is 9.90 Å². The zero-order chi connectivity index (χ0) is 6.91. The fourth-order valence-electron chi connectivity index (χ4n) is 0.840. The molecule has 4 nitrogen and oxygen atoms in total. The van der Waals surface area contributed by atoms with Crippen LogP contribution in [0.3, 0.4) is 0 Å². The lowest BCUT2D eigenvalue weighted by Crippen LogP contribution is -2.50. The average molecular weight is 167 g/mol. The normalized spacial score (nSPS) is 31.2. The quantitative estimate of drug-likeness (QED) is 0.450. The molecule has 1 heterocycles. The summed E-state index contributed by atoms with van der Waals surface area (Å²) in [7, 11) is 0. The summed E-state index contributed by atoms with van der Waals surface area (Å²) in [4.78, 5) is 10.7. The maximum atomic E-state index is 10.7. The first-order valence-electron chi connectivity index (χ1n) is 2.87. The molecule has 1 rings (SSSR count). The summed E-state index contributed by atoms with van der Waals surface area (Å²) in [5.41, 5.74) is 4.44. The third-order valence-corrected chi connectivity index (χ3v) is 1.59. The summed E-state index contributed by atoms with van der Waals surface area (Å²) in [5, 5.41) is 11.1. The van der Waals surface area contributed by atoms with E-state index in [0.29, 0.717) is 13.0 Å². The largest absolute Gasteiger partial charge is 0.394 e. The fraction of sp³-hybridized carbons (Fsp3) is 0.800. The summed E-state index contributed by atoms with van der Waals surface area (Å²) in [6, 6.07) is 0. The Morgan fingerprint density at radius 1 is 1.80 bits per heavy atom. The van der Waals surface area contributed by atoms with Crippen molar-refractivity contribution in [1.82, 2.24) is 5.32 Å². The number of amides is 1. The number of carbonyl (C=O) groups excluding carboxylic acids is 1. The summed E-state index contributed by atoms with van der Waals surface area (Å²) < 4.78 is 0. The van der Waals surface area contributed by atoms with E-state index in [0.717, 1.165) is 0 Å². The number of aliphatic hydroxyl groups excluding tert-OH is 1. The molecule has 0 aromatic heterocycles. The highest BCUT2D eigenvalue weighted by molar-refractivity contribution is 5.88. The van der Waals surface area contributed by atoms with Gasteiger partial charge in [0.2, 0.25) is 5.91 Å². The Bertz CT molecular complexity index is 142. The molecule has 5 heteroatoms. The van der Waals surface area contributed by atoms with Gasteiger partial charge in [-0.2, -0.15) is 0 Å². The summed E-state index contributed by atoms with van der Waals surface area (Å²) >= 11 is 0. The van der Waals surface area contributed by atoms with Crippen LogP contribution in [0.25, 0.3) is 0 Å². The number of hydrogen-bond acceptors (Lipinski definition) is 3. The van der Waals surface area contributed by atoms with E-state index in [-0.39, 0.29) is 24.9 Å². The molecule has 1 fully saturated rings. The molecular formula is C5H11ClN2O2. The van der Waals surface area contributed by atoms with E-state index in [2.05, 4.69) is 5.32 Å². The second-order valence-electron chi connectivity index (χ2n) is 2.32. The highest BCUT2D eigenvalue weighted by Gasteiger charge is 2.37. The first-order chi connectivity index (χ1) is 4.19. The molecule has 0 spiro atoms. The van der Waals surface area contributed by atoms with Gasteiger partial charge < -0.3 is 16.2 Å². The van der Waals surface area contributed by atoms with Crippen molar-refractivity contribution in [1.29, 1.82) is 0 Å². The highest BCUT2D eigenvalue weighted by Crippen LogP contribution is 2.10. The van der Waals surface area contributed by atoms with Crippen LogP contribution in [0.2, 0.25) is 0 Å². The zero-order valence-electron chi connectivity index (χ0n) is 5.46. The van der Waals surface area contributed by atoms with Gasteiger partial charge in [-0.25, -0.2) is 0 Å². The van der Waals surface area contributed by atoms with Crippen molar-refractivity contribution in [2.75, 3.05) is 13.2 Å². The Hall–Kier alpha value is -0.320. The van der Waals surface area contributed by atoms with Crippen molar-refractivity contribution in [2.45, 2.75) is 12.0 Å². The van der Waals surface area contributed by atoms with Crippen molar-refractivity contribution >= 4 is 18.3 Å². The highest BCUT2D eigenvalue weighted by atomic mass is 35.5. The predicted molar refractivity (Wildman–Crippen MR) is 38.9 cm³/mol. The van der Waals surface area contributed by atoms with E-state index in [1.54, 1.807) is 0 Å². The summed E-state index contributed by atoms with van der Waals surface area (Å²) in [5.74, 6) is -0.245. The molecule has 1 saturated heterocycles. The van der Waals surface area contributed by atoms with Gasteiger partial charge in [0.25, 0.3) is 0 Å². The molecule has 1 aliphatic rings. The van der Waals surface area contributed by atoms with Gasteiger partial charge in [-0.15, -0.1) is 12.4 Å². The molecule has 0 saturated carbocycles. The minimum absolute atomic E-state index is 0. The minimum atomic E-state index is -1.00. The van der Waals surface area contributed by atoms with Crippen LogP contribution in [0, 0.1) is 0 Å². The van der Waals surface area contributed by atoms with Crippen LogP contribution in [-0.4, -0.2) is 29.7 Å². The number of rotatable bonds is 1. The van der Waals surface area contributed by atoms with Gasteiger partial charge in [0.1, 0.15) is 5.54 Å². The molecule has 0 aromatic rings. The third kappa shape index (κ3) is 1.39. The topological polar surface area (TPSA) is 75.3 Å². The second-order valence-corrected chi connectivity index (χ2v) is 2.32. The molecule has 1 amide bonds. The van der Waals surface area contributed by atoms with E-state index < -0.39 is 5.54 Å². The van der Waals surface area contributed by atoms with Gasteiger partial charge in [-0.1, -0.05) is 0 Å². The Morgan fingerprint density at radius 2 is 2.40 bits per heavy atom. The minimum Gasteiger partial charge on any atom is -0.394 e. The smallest absolute Gasteiger partial charge is 0.242 e. The number of carbonyl (C=O) groups is 1. The molecule has 0 aliphatic carbocycles. The molecule has 4 N–H and O–H groups in total. The van der Waals surface area contributed by atoms with E-state index in [1.807, 2.05) is 0 Å². The molecule has 10 heavy (non-hydrogen) atoms. The Labute approximate surface area is 65.2 Å². The van der Waals surface area contributed by atoms with Crippen LogP contribution in [-0.2, 0) is 4.79 Å². The molecule has 1 aliphatic heterocycles. The van der Waals surface area contributed by atoms with Gasteiger partial charge in [-0.05, 0) is 6.42 Å². The van der Waals surface area contributed by atoms with E-state index in [9.17, 15) is 4.79 Å². The molecule has 0 bridgehead atoms. The number of nitrogens with one attached hydrogen (secondary N) is 1. The van der Waals surface area contributed by atoms with Gasteiger partial charge in [-0.3, -0.25) is 4.79 Å². The first kappa shape index (κ1) is 9.68. The van der Waals surface area contributed by atoms with Crippen molar-refractivity contribution in [3.8, 4) is 0 Å². The molecule has 0 radical (unpaired) electrons. The number of hydrogen-bond donors (Lipinski definition) is 3. The maximum Gasteiger partial charge on any atom is 0.242 e. The van der Waals surface area contributed by atoms with E-state index in [4.69, 9.17) is 10.8 Å². The van der Waals surface area contributed by atoms with Crippen LogP contribution in [0.1, 0.15) is 6.42 Å². The Kier molecular flexibility index (Phi) is 3.08.